The molecule has 0 unspecified atom stereocenters. The van der Waals surface area contributed by atoms with Gasteiger partial charge in [0.2, 0.25) is 5.82 Å². The molecule has 5 rings (SSSR count). The van der Waals surface area contributed by atoms with E-state index in [-0.39, 0.29) is 17.4 Å². The number of aromatic amines is 1. The molecule has 0 atom stereocenters. The molecule has 0 amide bonds. The number of benzene rings is 2. The summed E-state index contributed by atoms with van der Waals surface area (Å²) in [7, 11) is 0. The van der Waals surface area contributed by atoms with Gasteiger partial charge in [-0.25, -0.2) is 10.8 Å². The van der Waals surface area contributed by atoms with Crippen LogP contribution in [-0.4, -0.2) is 38.2 Å². The van der Waals surface area contributed by atoms with Crippen molar-refractivity contribution in [1.29, 1.82) is 0 Å². The SMILES string of the molecule is C/C(=C1/N=CC(c2ccc(Oc3cccc(OC(F)(F)F)c3)cc2)=C(C2CCCCC2)N1N)c1nn[nH]n1. The number of H-pyrrole nitrogens is 1. The lowest BCUT2D eigenvalue weighted by Gasteiger charge is -2.35. The fraction of sp³-hybridized carbons (Fsp3) is 0.308. The number of hydrazine groups is 1. The van der Waals surface area contributed by atoms with Crippen LogP contribution in [-0.2, 0) is 0 Å². The minimum absolute atomic E-state index is 0.223. The molecule has 198 valence electrons. The topological polar surface area (TPSA) is 115 Å². The molecule has 12 heteroatoms. The molecule has 2 aliphatic rings. The average molecular weight is 526 g/mol. The van der Waals surface area contributed by atoms with Gasteiger partial charge in [0.25, 0.3) is 0 Å². The second kappa shape index (κ2) is 10.7. The quantitative estimate of drug-likeness (QED) is 0.389. The number of tetrazole rings is 1. The van der Waals surface area contributed by atoms with E-state index < -0.39 is 6.36 Å². The zero-order chi connectivity index (χ0) is 26.7. The number of nitrogens with two attached hydrogens (primary N) is 1. The molecule has 1 fully saturated rings. The molecule has 1 aliphatic carbocycles. The molecular weight excluding hydrogens is 499 g/mol. The van der Waals surface area contributed by atoms with Gasteiger partial charge in [-0.15, -0.1) is 23.4 Å². The van der Waals surface area contributed by atoms with Crippen LogP contribution in [0, 0.1) is 5.92 Å². The second-order valence-electron chi connectivity index (χ2n) is 9.10. The lowest BCUT2D eigenvalue weighted by atomic mass is 9.83. The van der Waals surface area contributed by atoms with Crippen LogP contribution in [0.2, 0.25) is 0 Å². The Morgan fingerprint density at radius 1 is 1.03 bits per heavy atom. The van der Waals surface area contributed by atoms with Crippen LogP contribution in [0.1, 0.15) is 50.4 Å². The first-order valence-electron chi connectivity index (χ1n) is 12.2. The maximum atomic E-state index is 12.6. The van der Waals surface area contributed by atoms with Crippen molar-refractivity contribution in [2.45, 2.75) is 45.4 Å². The Morgan fingerprint density at radius 2 is 1.76 bits per heavy atom. The number of nitrogens with one attached hydrogen (secondary N) is 1. The summed E-state index contributed by atoms with van der Waals surface area (Å²) in [4.78, 5) is 4.64. The molecule has 1 aromatic heterocycles. The number of alkyl halides is 3. The predicted molar refractivity (Wildman–Crippen MR) is 134 cm³/mol. The van der Waals surface area contributed by atoms with Gasteiger partial charge in [-0.2, -0.15) is 5.21 Å². The zero-order valence-corrected chi connectivity index (χ0v) is 20.6. The van der Waals surface area contributed by atoms with Crippen molar-refractivity contribution in [3.8, 4) is 17.2 Å². The van der Waals surface area contributed by atoms with Crippen LogP contribution in [0.4, 0.5) is 13.2 Å². The summed E-state index contributed by atoms with van der Waals surface area (Å²) >= 11 is 0. The van der Waals surface area contributed by atoms with Crippen LogP contribution in [0.3, 0.4) is 0 Å². The van der Waals surface area contributed by atoms with E-state index in [0.29, 0.717) is 23.0 Å². The molecule has 3 aromatic rings. The largest absolute Gasteiger partial charge is 0.573 e. The molecule has 0 bridgehead atoms. The zero-order valence-electron chi connectivity index (χ0n) is 20.6. The van der Waals surface area contributed by atoms with E-state index in [9.17, 15) is 13.2 Å². The lowest BCUT2D eigenvalue weighted by Crippen LogP contribution is -2.37. The van der Waals surface area contributed by atoms with Gasteiger partial charge < -0.3 is 9.47 Å². The van der Waals surface area contributed by atoms with E-state index in [1.165, 1.54) is 24.6 Å². The van der Waals surface area contributed by atoms with Crippen LogP contribution in [0.15, 0.2) is 65.0 Å². The maximum absolute atomic E-state index is 12.6. The number of aromatic nitrogens is 4. The molecule has 3 N–H and O–H groups in total. The third-order valence-corrected chi connectivity index (χ3v) is 6.53. The molecule has 2 aromatic carbocycles. The predicted octanol–water partition coefficient (Wildman–Crippen LogP) is 5.83. The number of rotatable bonds is 6. The highest BCUT2D eigenvalue weighted by Gasteiger charge is 2.32. The molecule has 38 heavy (non-hydrogen) atoms. The first-order valence-corrected chi connectivity index (χ1v) is 12.2. The molecule has 1 aliphatic heterocycles. The Kier molecular flexibility index (Phi) is 7.14. The minimum Gasteiger partial charge on any atom is -0.457 e. The third-order valence-electron chi connectivity index (χ3n) is 6.53. The second-order valence-corrected chi connectivity index (χ2v) is 9.10. The van der Waals surface area contributed by atoms with Crippen molar-refractivity contribution < 1.29 is 22.6 Å². The van der Waals surface area contributed by atoms with Gasteiger partial charge in [0, 0.05) is 35.0 Å². The average Bonchev–Trinajstić information content (AvgIpc) is 3.44. The number of hydrogen-bond acceptors (Lipinski definition) is 8. The Morgan fingerprint density at radius 3 is 2.45 bits per heavy atom. The summed E-state index contributed by atoms with van der Waals surface area (Å²) in [5, 5.41) is 15.8. The molecular formula is C26H26F3N7O2. The van der Waals surface area contributed by atoms with Crippen LogP contribution < -0.4 is 15.3 Å². The number of hydrogen-bond donors (Lipinski definition) is 2. The van der Waals surface area contributed by atoms with Gasteiger partial charge in [0.1, 0.15) is 17.2 Å². The van der Waals surface area contributed by atoms with Gasteiger partial charge in [-0.05, 0) is 54.8 Å². The van der Waals surface area contributed by atoms with Gasteiger partial charge in [0.15, 0.2) is 5.82 Å². The Hall–Kier alpha value is -4.19. The number of ether oxygens (including phenoxy) is 2. The van der Waals surface area contributed by atoms with Crippen molar-refractivity contribution in [3.63, 3.8) is 0 Å². The van der Waals surface area contributed by atoms with Gasteiger partial charge in [-0.1, -0.05) is 37.5 Å². The fourth-order valence-electron chi connectivity index (χ4n) is 4.78. The van der Waals surface area contributed by atoms with E-state index in [2.05, 4.69) is 30.4 Å². The fourth-order valence-corrected chi connectivity index (χ4v) is 4.78. The molecule has 0 saturated heterocycles. The molecule has 2 heterocycles. The van der Waals surface area contributed by atoms with Crippen molar-refractivity contribution in [1.82, 2.24) is 25.6 Å². The van der Waals surface area contributed by atoms with Crippen LogP contribution in [0.5, 0.6) is 17.2 Å². The van der Waals surface area contributed by atoms with Crippen LogP contribution >= 0.6 is 0 Å². The van der Waals surface area contributed by atoms with Gasteiger partial charge in [-0.3, -0.25) is 5.01 Å². The summed E-state index contributed by atoms with van der Waals surface area (Å²) in [6.07, 6.45) is 2.52. The Balaban J connectivity index is 1.43. The van der Waals surface area contributed by atoms with Gasteiger partial charge >= 0.3 is 6.36 Å². The van der Waals surface area contributed by atoms with Crippen molar-refractivity contribution in [2.24, 2.45) is 16.8 Å². The summed E-state index contributed by atoms with van der Waals surface area (Å²) in [6.45, 7) is 1.85. The Labute approximate surface area is 216 Å². The van der Waals surface area contributed by atoms with Crippen LogP contribution in [0.25, 0.3) is 11.1 Å². The van der Waals surface area contributed by atoms with Gasteiger partial charge in [0.05, 0.1) is 0 Å². The molecule has 0 radical (unpaired) electrons. The number of nitrogens with zero attached hydrogens (tertiary/aromatic N) is 5. The standard InChI is InChI=1S/C26H26F3N7O2/c1-16(24-32-34-35-33-24)25-31-15-22(23(36(25)30)18-6-3-2-4-7-18)17-10-12-19(13-11-17)37-20-8-5-9-21(14-20)38-26(27,28)29/h5,8-15,18H,2-4,6-7,30H2,1H3,(H,32,33,34,35)/b25-16+. The smallest absolute Gasteiger partial charge is 0.457 e. The van der Waals surface area contributed by atoms with E-state index in [1.807, 2.05) is 19.1 Å². The summed E-state index contributed by atoms with van der Waals surface area (Å²) in [5.41, 5.74) is 3.47. The maximum Gasteiger partial charge on any atom is 0.573 e. The normalized spacial score (nSPS) is 18.1. The van der Waals surface area contributed by atoms with Crippen molar-refractivity contribution in [2.75, 3.05) is 0 Å². The monoisotopic (exact) mass is 525 g/mol. The number of aliphatic imine (C=N–C) groups is 1. The highest BCUT2D eigenvalue weighted by molar-refractivity contribution is 6.12. The summed E-state index contributed by atoms with van der Waals surface area (Å²) in [5.74, 6) is 8.25. The highest BCUT2D eigenvalue weighted by atomic mass is 19.4. The molecule has 9 nitrogen and oxygen atoms in total. The third kappa shape index (κ3) is 5.70. The van der Waals surface area contributed by atoms with E-state index in [1.54, 1.807) is 29.4 Å². The number of halogens is 3. The van der Waals surface area contributed by atoms with E-state index in [4.69, 9.17) is 10.6 Å². The van der Waals surface area contributed by atoms with E-state index in [0.717, 1.165) is 42.5 Å². The Bertz CT molecular complexity index is 1360. The van der Waals surface area contributed by atoms with Crippen molar-refractivity contribution in [3.05, 3.63) is 71.4 Å². The number of allylic oxidation sites excluding steroid dienone is 3. The summed E-state index contributed by atoms with van der Waals surface area (Å²) in [6, 6.07) is 12.7. The van der Waals surface area contributed by atoms with E-state index >= 15 is 0 Å². The van der Waals surface area contributed by atoms with Crippen molar-refractivity contribution >= 4 is 17.4 Å². The summed E-state index contributed by atoms with van der Waals surface area (Å²) < 4.78 is 47.4. The lowest BCUT2D eigenvalue weighted by molar-refractivity contribution is -0.274. The molecule has 0 spiro atoms. The first-order chi connectivity index (χ1) is 18.3. The first kappa shape index (κ1) is 25.5. The molecule has 1 saturated carbocycles. The minimum atomic E-state index is -4.78. The highest BCUT2D eigenvalue weighted by Crippen LogP contribution is 2.39.